The van der Waals surface area contributed by atoms with Crippen LogP contribution in [0.15, 0.2) is 17.8 Å². The number of hydrogen-bond acceptors (Lipinski definition) is 4. The first kappa shape index (κ1) is 17.2. The fraction of sp³-hybridized carbons (Fsp3) is 0.526. The van der Waals surface area contributed by atoms with E-state index in [1.165, 1.54) is 0 Å². The van der Waals surface area contributed by atoms with Gasteiger partial charge in [0.05, 0.1) is 23.9 Å². The van der Waals surface area contributed by atoms with E-state index in [0.717, 1.165) is 43.6 Å². The molecule has 1 aromatic rings. The van der Waals surface area contributed by atoms with Gasteiger partial charge in [-0.25, -0.2) is 0 Å². The summed E-state index contributed by atoms with van der Waals surface area (Å²) >= 11 is 6.41. The molecule has 0 spiro atoms. The Morgan fingerprint density at radius 3 is 2.62 bits per heavy atom. The number of allylic oxidation sites excluding steroid dienone is 1. The first-order chi connectivity index (χ1) is 11.6. The van der Waals surface area contributed by atoms with E-state index in [4.69, 9.17) is 21.1 Å². The number of rotatable bonds is 6. The second kappa shape index (κ2) is 7.47. The molecule has 0 saturated carbocycles. The molecule has 3 aliphatic rings. The van der Waals surface area contributed by atoms with Crippen molar-refractivity contribution in [2.24, 2.45) is 5.92 Å². The minimum Gasteiger partial charge on any atom is -0.490 e. The molecule has 1 aromatic carbocycles. The van der Waals surface area contributed by atoms with Gasteiger partial charge in [-0.15, -0.1) is 0 Å². The predicted molar refractivity (Wildman–Crippen MR) is 95.7 cm³/mol. The van der Waals surface area contributed by atoms with Crippen LogP contribution in [0.1, 0.15) is 38.7 Å². The molecule has 3 saturated heterocycles. The van der Waals surface area contributed by atoms with Crippen molar-refractivity contribution in [3.8, 4) is 11.5 Å². The van der Waals surface area contributed by atoms with Gasteiger partial charge in [0.25, 0.3) is 0 Å². The third kappa shape index (κ3) is 3.39. The van der Waals surface area contributed by atoms with Gasteiger partial charge in [0.1, 0.15) is 0 Å². The number of ether oxygens (including phenoxy) is 2. The highest BCUT2D eigenvalue weighted by atomic mass is 35.5. The van der Waals surface area contributed by atoms with Crippen molar-refractivity contribution in [3.63, 3.8) is 0 Å². The van der Waals surface area contributed by atoms with Crippen molar-refractivity contribution < 1.29 is 14.3 Å². The van der Waals surface area contributed by atoms with E-state index in [2.05, 4.69) is 4.90 Å². The smallest absolute Gasteiger partial charge is 0.182 e. The Balaban J connectivity index is 1.93. The van der Waals surface area contributed by atoms with Gasteiger partial charge in [-0.05, 0) is 50.0 Å². The third-order valence-electron chi connectivity index (χ3n) is 4.54. The maximum atomic E-state index is 12.5. The number of ketones is 1. The van der Waals surface area contributed by atoms with E-state index in [-0.39, 0.29) is 11.7 Å². The van der Waals surface area contributed by atoms with Gasteiger partial charge < -0.3 is 14.4 Å². The summed E-state index contributed by atoms with van der Waals surface area (Å²) in [5.41, 5.74) is 1.68. The molecule has 3 heterocycles. The minimum absolute atomic E-state index is 0.190. The molecule has 0 N–H and O–H groups in total. The molecule has 0 atom stereocenters. The molecule has 130 valence electrons. The molecular formula is C19H24ClNO3. The average molecular weight is 350 g/mol. The number of Topliss-reactive ketones (excluding diaryl/α,β-unsaturated/α-hetero) is 1. The van der Waals surface area contributed by atoms with E-state index >= 15 is 0 Å². The van der Waals surface area contributed by atoms with E-state index in [1.54, 1.807) is 0 Å². The Hall–Kier alpha value is -1.68. The molecule has 0 radical (unpaired) electrons. The van der Waals surface area contributed by atoms with Gasteiger partial charge >= 0.3 is 0 Å². The SMILES string of the molecule is CCCOc1c(Cl)cc(/C=C2/C(=O)C3CCN2CC3)cc1OCC. The standard InChI is InChI=1S/C19H24ClNO3/c1-3-9-24-19-15(20)10-13(12-17(19)23-4-2)11-16-18(22)14-5-7-21(16)8-6-14/h10-12,14H,3-9H2,1-2H3/b16-11-. The summed E-state index contributed by atoms with van der Waals surface area (Å²) in [7, 11) is 0. The van der Waals surface area contributed by atoms with Crippen molar-refractivity contribution in [2.45, 2.75) is 33.1 Å². The van der Waals surface area contributed by atoms with Crippen LogP contribution in [-0.4, -0.2) is 37.0 Å². The van der Waals surface area contributed by atoms with Crippen molar-refractivity contribution in [1.82, 2.24) is 4.90 Å². The molecule has 2 bridgehead atoms. The largest absolute Gasteiger partial charge is 0.490 e. The van der Waals surface area contributed by atoms with Crippen LogP contribution in [0.3, 0.4) is 0 Å². The first-order valence-electron chi connectivity index (χ1n) is 8.74. The van der Waals surface area contributed by atoms with Crippen molar-refractivity contribution in [2.75, 3.05) is 26.3 Å². The zero-order valence-electron chi connectivity index (χ0n) is 14.3. The topological polar surface area (TPSA) is 38.8 Å². The van der Waals surface area contributed by atoms with E-state index in [1.807, 2.05) is 32.1 Å². The Morgan fingerprint density at radius 1 is 1.25 bits per heavy atom. The molecule has 0 unspecified atom stereocenters. The monoisotopic (exact) mass is 349 g/mol. The zero-order chi connectivity index (χ0) is 17.1. The number of hydrogen-bond donors (Lipinski definition) is 0. The summed E-state index contributed by atoms with van der Waals surface area (Å²) < 4.78 is 11.4. The number of carbonyl (C=O) groups excluding carboxylic acids is 1. The number of carbonyl (C=O) groups is 1. The van der Waals surface area contributed by atoms with Crippen LogP contribution in [0.2, 0.25) is 5.02 Å². The molecule has 0 aliphatic carbocycles. The van der Waals surface area contributed by atoms with Crippen LogP contribution < -0.4 is 9.47 Å². The second-order valence-corrected chi connectivity index (χ2v) is 6.67. The van der Waals surface area contributed by atoms with Gasteiger partial charge in [0.2, 0.25) is 0 Å². The zero-order valence-corrected chi connectivity index (χ0v) is 15.1. The van der Waals surface area contributed by atoms with Crippen LogP contribution in [0, 0.1) is 5.92 Å². The molecule has 24 heavy (non-hydrogen) atoms. The molecule has 5 heteroatoms. The minimum atomic E-state index is 0.190. The van der Waals surface area contributed by atoms with Crippen molar-refractivity contribution >= 4 is 23.5 Å². The van der Waals surface area contributed by atoms with Crippen LogP contribution in [0.5, 0.6) is 11.5 Å². The van der Waals surface area contributed by atoms with Gasteiger partial charge in [0.15, 0.2) is 17.3 Å². The third-order valence-corrected chi connectivity index (χ3v) is 4.83. The van der Waals surface area contributed by atoms with Crippen LogP contribution >= 0.6 is 11.6 Å². The summed E-state index contributed by atoms with van der Waals surface area (Å²) in [6.45, 7) is 7.03. The number of halogens is 1. The summed E-state index contributed by atoms with van der Waals surface area (Å²) in [4.78, 5) is 14.7. The molecule has 3 aliphatic heterocycles. The highest BCUT2D eigenvalue weighted by molar-refractivity contribution is 6.32. The quantitative estimate of drug-likeness (QED) is 0.723. The molecule has 0 amide bonds. The van der Waals surface area contributed by atoms with E-state index < -0.39 is 0 Å². The summed E-state index contributed by atoms with van der Waals surface area (Å²) in [6.07, 6.45) is 4.79. The molecule has 4 nitrogen and oxygen atoms in total. The maximum absolute atomic E-state index is 12.5. The fourth-order valence-corrected chi connectivity index (χ4v) is 3.62. The van der Waals surface area contributed by atoms with Crippen molar-refractivity contribution in [1.29, 1.82) is 0 Å². The highest BCUT2D eigenvalue weighted by Crippen LogP contribution is 2.38. The van der Waals surface area contributed by atoms with Gasteiger partial charge in [-0.1, -0.05) is 18.5 Å². The number of nitrogens with zero attached hydrogens (tertiary/aromatic N) is 1. The van der Waals surface area contributed by atoms with Gasteiger partial charge in [-0.2, -0.15) is 0 Å². The second-order valence-electron chi connectivity index (χ2n) is 6.27. The predicted octanol–water partition coefficient (Wildman–Crippen LogP) is 4.16. The van der Waals surface area contributed by atoms with E-state index in [0.29, 0.717) is 29.7 Å². The molecular weight excluding hydrogens is 326 g/mol. The Bertz CT molecular complexity index is 648. The fourth-order valence-electron chi connectivity index (χ4n) is 3.35. The van der Waals surface area contributed by atoms with Gasteiger partial charge in [0, 0.05) is 19.0 Å². The molecule has 3 fully saturated rings. The van der Waals surface area contributed by atoms with Gasteiger partial charge in [-0.3, -0.25) is 4.79 Å². The van der Waals surface area contributed by atoms with Crippen LogP contribution in [0.25, 0.3) is 6.08 Å². The van der Waals surface area contributed by atoms with E-state index in [9.17, 15) is 4.79 Å². The van der Waals surface area contributed by atoms with Crippen LogP contribution in [0.4, 0.5) is 0 Å². The lowest BCUT2D eigenvalue weighted by Crippen LogP contribution is -2.45. The lowest BCUT2D eigenvalue weighted by molar-refractivity contribution is -0.125. The maximum Gasteiger partial charge on any atom is 0.182 e. The lowest BCUT2D eigenvalue weighted by Gasteiger charge is -2.41. The first-order valence-corrected chi connectivity index (χ1v) is 9.11. The Labute approximate surface area is 148 Å². The molecule has 0 aromatic heterocycles. The van der Waals surface area contributed by atoms with Crippen LogP contribution in [-0.2, 0) is 4.79 Å². The number of fused-ring (bicyclic) bond motifs is 3. The highest BCUT2D eigenvalue weighted by Gasteiger charge is 2.36. The number of benzene rings is 1. The van der Waals surface area contributed by atoms with Crippen molar-refractivity contribution in [3.05, 3.63) is 28.4 Å². The normalized spacial score (nSPS) is 19.2. The Morgan fingerprint density at radius 2 is 2.00 bits per heavy atom. The average Bonchev–Trinajstić information content (AvgIpc) is 2.58. The molecule has 4 rings (SSSR count). The summed E-state index contributed by atoms with van der Waals surface area (Å²) in [6, 6.07) is 3.75. The lowest BCUT2D eigenvalue weighted by atomic mass is 9.84. The summed E-state index contributed by atoms with van der Waals surface area (Å²) in [5.74, 6) is 1.66. The number of piperidine rings is 3. The summed E-state index contributed by atoms with van der Waals surface area (Å²) in [5, 5.41) is 0.518. The Kier molecular flexibility index (Phi) is 5.34.